The predicted molar refractivity (Wildman–Crippen MR) is 109 cm³/mol. The highest BCUT2D eigenvalue weighted by molar-refractivity contribution is 7.90. The summed E-state index contributed by atoms with van der Waals surface area (Å²) < 4.78 is 54.4. The highest BCUT2D eigenvalue weighted by atomic mass is 32.2. The van der Waals surface area contributed by atoms with Crippen LogP contribution in [0, 0.1) is 0 Å². The minimum absolute atomic E-state index is 0.0191. The summed E-state index contributed by atoms with van der Waals surface area (Å²) in [5.41, 5.74) is 4.72. The molecule has 154 valence electrons. The van der Waals surface area contributed by atoms with E-state index in [2.05, 4.69) is 0 Å². The number of sulfonamides is 1. The number of amides is 1. The van der Waals surface area contributed by atoms with Gasteiger partial charge < -0.3 is 10.5 Å². The van der Waals surface area contributed by atoms with Crippen LogP contribution in [-0.4, -0.2) is 44.8 Å². The van der Waals surface area contributed by atoms with E-state index >= 15 is 0 Å². The zero-order valence-electron chi connectivity index (χ0n) is 15.6. The maximum absolute atomic E-state index is 12.6. The van der Waals surface area contributed by atoms with Gasteiger partial charge in [0.2, 0.25) is 26.2 Å². The van der Waals surface area contributed by atoms with Gasteiger partial charge in [-0.2, -0.15) is 12.7 Å². The maximum Gasteiger partial charge on any atom is 0.229 e. The van der Waals surface area contributed by atoms with E-state index in [1.165, 1.54) is 0 Å². The van der Waals surface area contributed by atoms with E-state index < -0.39 is 36.6 Å². The molecule has 1 atom stereocenters. The fraction of sp³-hybridized carbons (Fsp3) is 0.263. The monoisotopic (exact) mass is 436 g/mol. The second kappa shape index (κ2) is 7.97. The van der Waals surface area contributed by atoms with Crippen molar-refractivity contribution < 1.29 is 26.4 Å². The third-order valence-corrected chi connectivity index (χ3v) is 6.98. The number of carbonyl (C=O) groups is 1. The van der Waals surface area contributed by atoms with E-state index in [9.17, 15) is 21.6 Å². The van der Waals surface area contributed by atoms with Gasteiger partial charge in [0.1, 0.15) is 16.5 Å². The molecule has 1 fully saturated rings. The zero-order chi connectivity index (χ0) is 21.2. The lowest BCUT2D eigenvalue weighted by Crippen LogP contribution is -2.54. The van der Waals surface area contributed by atoms with Gasteiger partial charge in [0, 0.05) is 18.5 Å². The normalized spacial score (nSPS) is 20.2. The van der Waals surface area contributed by atoms with Crippen LogP contribution in [0.15, 0.2) is 54.6 Å². The van der Waals surface area contributed by atoms with Crippen molar-refractivity contribution in [2.24, 2.45) is 5.73 Å². The number of nitrogens with two attached hydrogens (primary N) is 1. The Bertz CT molecular complexity index is 1170. The van der Waals surface area contributed by atoms with Gasteiger partial charge in [-0.1, -0.05) is 36.4 Å². The Kier molecular flexibility index (Phi) is 5.78. The molecular weight excluding hydrogens is 416 g/mol. The predicted octanol–water partition coefficient (Wildman–Crippen LogP) is 1.27. The summed E-state index contributed by atoms with van der Waals surface area (Å²) in [7, 11) is -6.66. The van der Waals surface area contributed by atoms with Gasteiger partial charge in [-0.25, -0.2) is 8.42 Å². The number of para-hydroxylation sites is 2. The van der Waals surface area contributed by atoms with Gasteiger partial charge in [0.05, 0.1) is 11.7 Å². The first-order valence-corrected chi connectivity index (χ1v) is 11.6. The summed E-state index contributed by atoms with van der Waals surface area (Å²) in [6, 6.07) is 15.6. The van der Waals surface area contributed by atoms with Crippen molar-refractivity contribution in [3.63, 3.8) is 0 Å². The van der Waals surface area contributed by atoms with Crippen LogP contribution in [0.3, 0.4) is 0 Å². The van der Waals surface area contributed by atoms with Gasteiger partial charge in [-0.05, 0) is 24.6 Å². The van der Waals surface area contributed by atoms with E-state index in [1.807, 2.05) is 6.07 Å². The van der Waals surface area contributed by atoms with E-state index in [4.69, 9.17) is 10.5 Å². The summed E-state index contributed by atoms with van der Waals surface area (Å²) in [5.74, 6) is 0.129. The number of primary amides is 1. The van der Waals surface area contributed by atoms with Crippen LogP contribution in [0.4, 0.5) is 0 Å². The fourth-order valence-electron chi connectivity index (χ4n) is 3.48. The van der Waals surface area contributed by atoms with E-state index in [0.29, 0.717) is 17.1 Å². The van der Waals surface area contributed by atoms with Crippen molar-refractivity contribution in [2.45, 2.75) is 18.3 Å². The maximum atomic E-state index is 12.6. The highest BCUT2D eigenvalue weighted by Crippen LogP contribution is 2.42. The molecule has 1 heterocycles. The molecule has 1 unspecified atom stereocenters. The Morgan fingerprint density at radius 3 is 2.31 bits per heavy atom. The summed E-state index contributed by atoms with van der Waals surface area (Å²) in [5, 5.41) is 0. The zero-order valence-corrected chi connectivity index (χ0v) is 17.2. The molecule has 8 nitrogen and oxygen atoms in total. The second-order valence-corrected chi connectivity index (χ2v) is 9.60. The molecular formula is C19H20N2O6S2. The summed E-state index contributed by atoms with van der Waals surface area (Å²) in [6.45, 7) is -0.190. The minimum Gasteiger partial charge on any atom is -0.457 e. The molecule has 0 aromatic heterocycles. The molecule has 1 amide bonds. The molecule has 0 radical (unpaired) electrons. The summed E-state index contributed by atoms with van der Waals surface area (Å²) >= 11 is 0. The molecule has 29 heavy (non-hydrogen) atoms. The molecule has 0 bridgehead atoms. The molecule has 0 aliphatic carbocycles. The van der Waals surface area contributed by atoms with Crippen molar-refractivity contribution in [1.29, 1.82) is 0 Å². The van der Waals surface area contributed by atoms with Gasteiger partial charge in [0.25, 0.3) is 0 Å². The fourth-order valence-corrected chi connectivity index (χ4v) is 5.55. The molecule has 2 N–H and O–H groups in total. The number of ether oxygens (including phenoxy) is 1. The summed E-state index contributed by atoms with van der Waals surface area (Å²) in [6.07, 6.45) is 0.565. The van der Waals surface area contributed by atoms with E-state index in [0.717, 1.165) is 10.6 Å². The number of piperidine rings is 1. The average Bonchev–Trinajstić information content (AvgIpc) is 2.67. The molecule has 0 saturated carbocycles. The minimum atomic E-state index is -3.82. The van der Waals surface area contributed by atoms with Gasteiger partial charge in [0.15, 0.2) is 0 Å². The van der Waals surface area contributed by atoms with Crippen molar-refractivity contribution in [1.82, 2.24) is 4.31 Å². The molecule has 1 aliphatic rings. The van der Waals surface area contributed by atoms with Gasteiger partial charge >= 0.3 is 0 Å². The lowest BCUT2D eigenvalue weighted by Gasteiger charge is -2.39. The number of hydrogen-bond acceptors (Lipinski definition) is 6. The first-order valence-electron chi connectivity index (χ1n) is 8.70. The van der Waals surface area contributed by atoms with Crippen LogP contribution in [0.5, 0.6) is 11.5 Å². The largest absolute Gasteiger partial charge is 0.457 e. The average molecular weight is 437 g/mol. The molecule has 1 saturated heterocycles. The third kappa shape index (κ3) is 4.19. The van der Waals surface area contributed by atoms with E-state index in [-0.39, 0.29) is 19.4 Å². The summed E-state index contributed by atoms with van der Waals surface area (Å²) in [4.78, 5) is 12.2. The van der Waals surface area contributed by atoms with Gasteiger partial charge in [-0.3, -0.25) is 4.79 Å². The Morgan fingerprint density at radius 2 is 1.72 bits per heavy atom. The third-order valence-electron chi connectivity index (χ3n) is 4.91. The van der Waals surface area contributed by atoms with Crippen LogP contribution in [0.2, 0.25) is 0 Å². The van der Waals surface area contributed by atoms with Crippen molar-refractivity contribution in [2.75, 3.05) is 12.8 Å². The SMILES string of the molecule is CS(=O)(=O)N1CCC(C(N)=O)(c2ccccc2Oc2ccccc2)CC1=S(=O)=O. The van der Waals surface area contributed by atoms with Crippen molar-refractivity contribution >= 4 is 31.2 Å². The smallest absolute Gasteiger partial charge is 0.229 e. The lowest BCUT2D eigenvalue weighted by molar-refractivity contribution is -0.124. The Balaban J connectivity index is 2.13. The standard InChI is InChI=1S/C19H20N2O6S2/c1-29(25,26)21-12-11-19(18(20)22,13-17(21)28(23)24)15-9-5-6-10-16(15)27-14-7-3-2-4-8-14/h2-10H,11-13H2,1H3,(H2,20,22). The second-order valence-electron chi connectivity index (χ2n) is 6.75. The first kappa shape index (κ1) is 21.0. The molecule has 1 aliphatic heterocycles. The molecule has 2 aromatic rings. The van der Waals surface area contributed by atoms with E-state index in [1.54, 1.807) is 48.5 Å². The first-order chi connectivity index (χ1) is 13.6. The quantitative estimate of drug-likeness (QED) is 0.704. The van der Waals surface area contributed by atoms with Crippen LogP contribution >= 0.6 is 0 Å². The Morgan fingerprint density at radius 1 is 1.10 bits per heavy atom. The Labute approximate surface area is 170 Å². The number of hydrogen-bond donors (Lipinski definition) is 1. The van der Waals surface area contributed by atoms with Crippen LogP contribution in [0.1, 0.15) is 18.4 Å². The van der Waals surface area contributed by atoms with Gasteiger partial charge in [-0.15, -0.1) is 0 Å². The lowest BCUT2D eigenvalue weighted by atomic mass is 9.72. The Hall–Kier alpha value is -2.69. The number of nitrogens with zero attached hydrogens (tertiary/aromatic N) is 1. The van der Waals surface area contributed by atoms with Crippen molar-refractivity contribution in [3.8, 4) is 11.5 Å². The molecule has 3 rings (SSSR count). The molecule has 0 spiro atoms. The molecule has 10 heteroatoms. The topological polar surface area (TPSA) is 124 Å². The van der Waals surface area contributed by atoms with Crippen LogP contribution in [-0.2, 0) is 30.5 Å². The number of rotatable bonds is 5. The van der Waals surface area contributed by atoms with Crippen molar-refractivity contribution in [3.05, 3.63) is 60.2 Å². The van der Waals surface area contributed by atoms with Crippen LogP contribution < -0.4 is 10.5 Å². The van der Waals surface area contributed by atoms with Crippen LogP contribution in [0.25, 0.3) is 0 Å². The number of benzene rings is 2. The highest BCUT2D eigenvalue weighted by Gasteiger charge is 2.48. The molecule has 2 aromatic carbocycles. The number of carbonyl (C=O) groups excluding carboxylic acids is 1.